The monoisotopic (exact) mass is 256 g/mol. The summed E-state index contributed by atoms with van der Waals surface area (Å²) in [6.07, 6.45) is 0.807. The molecule has 0 aromatic heterocycles. The van der Waals surface area contributed by atoms with Crippen LogP contribution >= 0.6 is 0 Å². The van der Waals surface area contributed by atoms with Crippen LogP contribution in [0.3, 0.4) is 0 Å². The second kappa shape index (κ2) is 4.93. The van der Waals surface area contributed by atoms with Crippen molar-refractivity contribution in [1.29, 1.82) is 0 Å². The fourth-order valence-corrected chi connectivity index (χ4v) is 2.37. The number of ether oxygens (including phenoxy) is 1. The van der Waals surface area contributed by atoms with E-state index in [1.807, 2.05) is 0 Å². The Morgan fingerprint density at radius 1 is 1.44 bits per heavy atom. The summed E-state index contributed by atoms with van der Waals surface area (Å²) < 4.78 is 5.12. The molecule has 2 N–H and O–H groups in total. The van der Waals surface area contributed by atoms with Crippen LogP contribution in [0.4, 0.5) is 0 Å². The molecule has 2 fully saturated rings. The number of nitrogens with zero attached hydrogens (tertiary/aromatic N) is 1. The van der Waals surface area contributed by atoms with E-state index in [1.165, 1.54) is 4.90 Å². The number of rotatable bonds is 3. The lowest BCUT2D eigenvalue weighted by Gasteiger charge is -2.28. The number of carboxylic acid groups (broad SMARTS) is 1. The highest BCUT2D eigenvalue weighted by molar-refractivity contribution is 5.91. The van der Waals surface area contributed by atoms with Gasteiger partial charge in [0.2, 0.25) is 11.8 Å². The van der Waals surface area contributed by atoms with Gasteiger partial charge >= 0.3 is 5.97 Å². The van der Waals surface area contributed by atoms with E-state index in [0.717, 1.165) is 0 Å². The van der Waals surface area contributed by atoms with Gasteiger partial charge in [0.15, 0.2) is 0 Å². The predicted molar refractivity (Wildman–Crippen MR) is 59.7 cm³/mol. The Morgan fingerprint density at radius 2 is 2.17 bits per heavy atom. The van der Waals surface area contributed by atoms with Gasteiger partial charge in [0.05, 0.1) is 19.3 Å². The predicted octanol–water partition coefficient (Wildman–Crippen LogP) is -1.18. The highest BCUT2D eigenvalue weighted by Gasteiger charge is 2.41. The molecule has 100 valence electrons. The minimum atomic E-state index is -0.965. The first-order valence-electron chi connectivity index (χ1n) is 5.87. The zero-order valence-corrected chi connectivity index (χ0v) is 10.1. The van der Waals surface area contributed by atoms with Gasteiger partial charge < -0.3 is 20.1 Å². The van der Waals surface area contributed by atoms with Gasteiger partial charge in [-0.15, -0.1) is 0 Å². The van der Waals surface area contributed by atoms with Gasteiger partial charge in [-0.2, -0.15) is 0 Å². The molecule has 2 amide bonds. The molecule has 3 atom stereocenters. The third-order valence-corrected chi connectivity index (χ3v) is 3.51. The summed E-state index contributed by atoms with van der Waals surface area (Å²) in [6.45, 7) is 0.342. The molecule has 0 aromatic rings. The maximum Gasteiger partial charge on any atom is 0.311 e. The molecule has 2 unspecified atom stereocenters. The number of likely N-dealkylation sites (N-methyl/N-ethyl adjacent to an activating group) is 1. The average Bonchev–Trinajstić information content (AvgIpc) is 2.95. The van der Waals surface area contributed by atoms with E-state index in [0.29, 0.717) is 12.8 Å². The zero-order chi connectivity index (χ0) is 13.3. The van der Waals surface area contributed by atoms with Crippen LogP contribution in [0.2, 0.25) is 0 Å². The molecular weight excluding hydrogens is 240 g/mol. The van der Waals surface area contributed by atoms with Gasteiger partial charge in [0, 0.05) is 13.5 Å². The largest absolute Gasteiger partial charge is 0.481 e. The second-order valence-corrected chi connectivity index (χ2v) is 4.66. The number of hydrogen-bond acceptors (Lipinski definition) is 4. The van der Waals surface area contributed by atoms with Crippen LogP contribution in [0.25, 0.3) is 0 Å². The Morgan fingerprint density at radius 3 is 2.72 bits per heavy atom. The van der Waals surface area contributed by atoms with Crippen LogP contribution in [-0.2, 0) is 19.1 Å². The van der Waals surface area contributed by atoms with Crippen LogP contribution in [0.1, 0.15) is 12.8 Å². The molecule has 0 spiro atoms. The van der Waals surface area contributed by atoms with Crippen molar-refractivity contribution < 1.29 is 24.2 Å². The summed E-state index contributed by atoms with van der Waals surface area (Å²) in [5, 5.41) is 11.6. The van der Waals surface area contributed by atoms with Crippen molar-refractivity contribution in [1.82, 2.24) is 10.2 Å². The maximum absolute atomic E-state index is 12.1. The minimum Gasteiger partial charge on any atom is -0.481 e. The second-order valence-electron chi connectivity index (χ2n) is 4.66. The Labute approximate surface area is 104 Å². The smallest absolute Gasteiger partial charge is 0.311 e. The molecule has 0 saturated carbocycles. The topological polar surface area (TPSA) is 95.9 Å². The molecule has 18 heavy (non-hydrogen) atoms. The molecule has 2 heterocycles. The van der Waals surface area contributed by atoms with E-state index in [2.05, 4.69) is 5.32 Å². The zero-order valence-electron chi connectivity index (χ0n) is 10.1. The van der Waals surface area contributed by atoms with Gasteiger partial charge in [-0.25, -0.2) is 0 Å². The SMILES string of the molecule is CN(C(=O)[C@@H]1CCC(=O)N1)C1COCC1C(=O)O. The third-order valence-electron chi connectivity index (χ3n) is 3.51. The molecule has 2 saturated heterocycles. The molecule has 7 nitrogen and oxygen atoms in total. The Hall–Kier alpha value is -1.63. The van der Waals surface area contributed by atoms with Gasteiger partial charge in [-0.05, 0) is 6.42 Å². The van der Waals surface area contributed by atoms with Gasteiger partial charge in [0.25, 0.3) is 0 Å². The van der Waals surface area contributed by atoms with Crippen LogP contribution in [0, 0.1) is 5.92 Å². The van der Waals surface area contributed by atoms with E-state index in [4.69, 9.17) is 9.84 Å². The molecule has 2 rings (SSSR count). The lowest BCUT2D eigenvalue weighted by Crippen LogP contribution is -2.50. The van der Waals surface area contributed by atoms with Crippen molar-refractivity contribution in [2.24, 2.45) is 5.92 Å². The molecule has 0 aliphatic carbocycles. The van der Waals surface area contributed by atoms with E-state index < -0.39 is 24.0 Å². The fourth-order valence-electron chi connectivity index (χ4n) is 2.37. The first-order chi connectivity index (χ1) is 8.50. The van der Waals surface area contributed by atoms with Gasteiger partial charge in [-0.1, -0.05) is 0 Å². The standard InChI is InChI=1S/C11H16N2O5/c1-13(8-5-18-4-6(8)11(16)17)10(15)7-2-3-9(14)12-7/h6-8H,2-5H2,1H3,(H,12,14)(H,16,17)/t6?,7-,8?/m0/s1. The normalized spacial score (nSPS) is 31.2. The number of carboxylic acids is 1. The molecule has 0 aromatic carbocycles. The van der Waals surface area contributed by atoms with Crippen molar-refractivity contribution in [2.45, 2.75) is 24.9 Å². The number of amides is 2. The maximum atomic E-state index is 12.1. The molecular formula is C11H16N2O5. The number of aliphatic carboxylic acids is 1. The van der Waals surface area contributed by atoms with E-state index in [9.17, 15) is 14.4 Å². The number of hydrogen-bond donors (Lipinski definition) is 2. The lowest BCUT2D eigenvalue weighted by atomic mass is 10.0. The minimum absolute atomic E-state index is 0.120. The van der Waals surface area contributed by atoms with Crippen LogP contribution in [-0.4, -0.2) is 60.1 Å². The number of nitrogens with one attached hydrogen (secondary N) is 1. The number of carbonyl (C=O) groups is 3. The molecule has 2 aliphatic rings. The van der Waals surface area contributed by atoms with Crippen molar-refractivity contribution in [3.05, 3.63) is 0 Å². The Balaban J connectivity index is 2.02. The first kappa shape index (κ1) is 12.8. The lowest BCUT2D eigenvalue weighted by molar-refractivity contribution is -0.145. The van der Waals surface area contributed by atoms with E-state index >= 15 is 0 Å². The quantitative estimate of drug-likeness (QED) is 0.663. The van der Waals surface area contributed by atoms with Gasteiger partial charge in [0.1, 0.15) is 12.0 Å². The summed E-state index contributed by atoms with van der Waals surface area (Å²) in [7, 11) is 1.56. The summed E-state index contributed by atoms with van der Waals surface area (Å²) >= 11 is 0. The summed E-state index contributed by atoms with van der Waals surface area (Å²) in [5.74, 6) is -2.05. The highest BCUT2D eigenvalue weighted by Crippen LogP contribution is 2.21. The average molecular weight is 256 g/mol. The molecule has 0 bridgehead atoms. The van der Waals surface area contributed by atoms with Crippen molar-refractivity contribution >= 4 is 17.8 Å². The third kappa shape index (κ3) is 2.31. The van der Waals surface area contributed by atoms with Crippen LogP contribution in [0.5, 0.6) is 0 Å². The van der Waals surface area contributed by atoms with Crippen molar-refractivity contribution in [2.75, 3.05) is 20.3 Å². The first-order valence-corrected chi connectivity index (χ1v) is 5.87. The van der Waals surface area contributed by atoms with Gasteiger partial charge in [-0.3, -0.25) is 14.4 Å². The Bertz CT molecular complexity index is 384. The highest BCUT2D eigenvalue weighted by atomic mass is 16.5. The Kier molecular flexibility index (Phi) is 3.51. The van der Waals surface area contributed by atoms with Crippen molar-refractivity contribution in [3.63, 3.8) is 0 Å². The van der Waals surface area contributed by atoms with E-state index in [-0.39, 0.29) is 25.0 Å². The fraction of sp³-hybridized carbons (Fsp3) is 0.727. The molecule has 0 radical (unpaired) electrons. The van der Waals surface area contributed by atoms with Crippen LogP contribution in [0.15, 0.2) is 0 Å². The van der Waals surface area contributed by atoms with Crippen molar-refractivity contribution in [3.8, 4) is 0 Å². The molecule has 7 heteroatoms. The number of carbonyl (C=O) groups excluding carboxylic acids is 2. The van der Waals surface area contributed by atoms with Crippen LogP contribution < -0.4 is 5.32 Å². The summed E-state index contributed by atoms with van der Waals surface area (Å²) in [4.78, 5) is 35.6. The van der Waals surface area contributed by atoms with E-state index in [1.54, 1.807) is 7.05 Å². The summed E-state index contributed by atoms with van der Waals surface area (Å²) in [5.41, 5.74) is 0. The summed E-state index contributed by atoms with van der Waals surface area (Å²) in [6, 6.07) is -0.995. The molecule has 2 aliphatic heterocycles.